The number of benzene rings is 2. The Hall–Kier alpha value is -2.33. The van der Waals surface area contributed by atoms with E-state index in [4.69, 9.17) is 0 Å². The maximum Gasteiger partial charge on any atom is 0.255 e. The van der Waals surface area contributed by atoms with E-state index < -0.39 is 0 Å². The third kappa shape index (κ3) is 3.47. The minimum atomic E-state index is -0.160. The van der Waals surface area contributed by atoms with Gasteiger partial charge in [0.05, 0.1) is 5.56 Å². The van der Waals surface area contributed by atoms with Gasteiger partial charge in [-0.15, -0.1) is 0 Å². The molecule has 0 aliphatic carbocycles. The molecule has 4 heteroatoms. The first-order chi connectivity index (χ1) is 12.6. The van der Waals surface area contributed by atoms with Crippen LogP contribution in [0.5, 0.6) is 5.75 Å². The molecule has 2 aliphatic heterocycles. The van der Waals surface area contributed by atoms with Gasteiger partial charge in [0.2, 0.25) is 0 Å². The number of nitrogens with one attached hydrogen (secondary N) is 1. The average Bonchev–Trinajstić information content (AvgIpc) is 2.87. The number of aromatic hydroxyl groups is 1. The molecule has 0 aromatic heterocycles. The van der Waals surface area contributed by atoms with E-state index in [0.29, 0.717) is 17.6 Å². The summed E-state index contributed by atoms with van der Waals surface area (Å²) < 4.78 is 0. The van der Waals surface area contributed by atoms with Gasteiger partial charge in [0.25, 0.3) is 5.91 Å². The lowest BCUT2D eigenvalue weighted by Gasteiger charge is -2.39. The van der Waals surface area contributed by atoms with Crippen LogP contribution in [0.15, 0.2) is 48.5 Å². The van der Waals surface area contributed by atoms with Crippen LogP contribution in [0.25, 0.3) is 0 Å². The van der Waals surface area contributed by atoms with E-state index in [0.717, 1.165) is 24.9 Å². The van der Waals surface area contributed by atoms with Crippen LogP contribution < -0.4 is 5.32 Å². The van der Waals surface area contributed by atoms with Gasteiger partial charge in [-0.3, -0.25) is 9.69 Å². The number of carbonyl (C=O) groups excluding carboxylic acids is 1. The van der Waals surface area contributed by atoms with E-state index >= 15 is 0 Å². The van der Waals surface area contributed by atoms with Gasteiger partial charge in [-0.1, -0.05) is 42.0 Å². The van der Waals surface area contributed by atoms with Crippen LogP contribution in [0.3, 0.4) is 0 Å². The van der Waals surface area contributed by atoms with E-state index in [1.54, 1.807) is 12.1 Å². The molecule has 2 bridgehead atoms. The maximum atomic E-state index is 12.6. The summed E-state index contributed by atoms with van der Waals surface area (Å²) in [7, 11) is 0. The van der Waals surface area contributed by atoms with Crippen molar-refractivity contribution in [3.63, 3.8) is 0 Å². The molecule has 0 saturated carbocycles. The summed E-state index contributed by atoms with van der Waals surface area (Å²) in [5.41, 5.74) is 2.71. The normalized spacial score (nSPS) is 25.2. The molecule has 1 unspecified atom stereocenters. The number of piperidine rings is 1. The van der Waals surface area contributed by atoms with Crippen molar-refractivity contribution in [2.45, 2.75) is 57.3 Å². The highest BCUT2D eigenvalue weighted by atomic mass is 16.3. The van der Waals surface area contributed by atoms with Crippen LogP contribution in [0.4, 0.5) is 0 Å². The van der Waals surface area contributed by atoms with Crippen molar-refractivity contribution in [1.29, 1.82) is 0 Å². The number of rotatable bonds is 4. The summed E-state index contributed by atoms with van der Waals surface area (Å²) in [4.78, 5) is 15.2. The summed E-state index contributed by atoms with van der Waals surface area (Å²) in [5, 5.41) is 13.2. The van der Waals surface area contributed by atoms with E-state index in [1.807, 2.05) is 13.0 Å². The predicted octanol–water partition coefficient (Wildman–Crippen LogP) is 3.63. The quantitative estimate of drug-likeness (QED) is 0.885. The Balaban J connectivity index is 1.41. The first-order valence-electron chi connectivity index (χ1n) is 9.50. The second-order valence-electron chi connectivity index (χ2n) is 7.71. The lowest BCUT2D eigenvalue weighted by molar-refractivity contribution is 0.0825. The molecule has 0 spiro atoms. The Bertz CT molecular complexity index is 776. The second-order valence-corrected chi connectivity index (χ2v) is 7.71. The molecule has 2 aliphatic rings. The van der Waals surface area contributed by atoms with Crippen LogP contribution in [0, 0.1) is 6.92 Å². The summed E-state index contributed by atoms with van der Waals surface area (Å²) in [6, 6.07) is 17.0. The molecule has 3 atom stereocenters. The van der Waals surface area contributed by atoms with Crippen LogP contribution in [-0.2, 0) is 6.54 Å². The predicted molar refractivity (Wildman–Crippen MR) is 102 cm³/mol. The van der Waals surface area contributed by atoms with Gasteiger partial charge in [0.15, 0.2) is 0 Å². The number of amides is 1. The topological polar surface area (TPSA) is 52.6 Å². The number of phenolic OH excluding ortho intramolecular Hbond substituents is 1. The van der Waals surface area contributed by atoms with Crippen molar-refractivity contribution in [2.75, 3.05) is 0 Å². The average molecular weight is 350 g/mol. The molecule has 1 amide bonds. The zero-order chi connectivity index (χ0) is 18.1. The molecule has 26 heavy (non-hydrogen) atoms. The smallest absolute Gasteiger partial charge is 0.255 e. The SMILES string of the molecule is Cc1ccc(O)c(C(=O)NC2C[C@H]3CC[C@@H](C2)N3Cc2ccccc2)c1. The number of hydrogen-bond acceptors (Lipinski definition) is 3. The van der Waals surface area contributed by atoms with Crippen LogP contribution >= 0.6 is 0 Å². The van der Waals surface area contributed by atoms with Gasteiger partial charge in [0, 0.05) is 24.7 Å². The third-order valence-electron chi connectivity index (χ3n) is 5.82. The summed E-state index contributed by atoms with van der Waals surface area (Å²) in [6.45, 7) is 2.92. The van der Waals surface area contributed by atoms with Gasteiger partial charge in [-0.25, -0.2) is 0 Å². The molecule has 2 fully saturated rings. The number of nitrogens with zero attached hydrogens (tertiary/aromatic N) is 1. The summed E-state index contributed by atoms with van der Waals surface area (Å²) >= 11 is 0. The molecule has 0 radical (unpaired) electrons. The zero-order valence-corrected chi connectivity index (χ0v) is 15.2. The lowest BCUT2D eigenvalue weighted by atomic mass is 9.96. The standard InChI is InChI=1S/C22H26N2O2/c1-15-7-10-21(25)20(11-15)22(26)23-17-12-18-8-9-19(13-17)24(18)14-16-5-3-2-4-6-16/h2-7,10-11,17-19,25H,8-9,12-14H2,1H3,(H,23,26)/t17?,18-,19+. The van der Waals surface area contributed by atoms with Crippen LogP contribution in [0.2, 0.25) is 0 Å². The molecule has 2 saturated heterocycles. The van der Waals surface area contributed by atoms with E-state index in [9.17, 15) is 9.90 Å². The van der Waals surface area contributed by atoms with E-state index in [1.165, 1.54) is 18.4 Å². The van der Waals surface area contributed by atoms with Gasteiger partial charge in [-0.05, 0) is 50.3 Å². The number of hydrogen-bond donors (Lipinski definition) is 2. The van der Waals surface area contributed by atoms with Crippen molar-refractivity contribution in [3.8, 4) is 5.75 Å². The first-order valence-corrected chi connectivity index (χ1v) is 9.50. The number of aryl methyl sites for hydroxylation is 1. The Labute approximate surface area is 154 Å². The van der Waals surface area contributed by atoms with Crippen LogP contribution in [0.1, 0.15) is 47.2 Å². The molecule has 2 N–H and O–H groups in total. The molecule has 4 nitrogen and oxygen atoms in total. The number of carbonyl (C=O) groups is 1. The molecule has 136 valence electrons. The van der Waals surface area contributed by atoms with Gasteiger partial charge < -0.3 is 10.4 Å². The van der Waals surface area contributed by atoms with Crippen molar-refractivity contribution in [1.82, 2.24) is 10.2 Å². The fourth-order valence-electron chi connectivity index (χ4n) is 4.54. The third-order valence-corrected chi connectivity index (χ3v) is 5.82. The molecular weight excluding hydrogens is 324 g/mol. The van der Waals surface area contributed by atoms with Gasteiger partial charge in [0.1, 0.15) is 5.75 Å². The molecule has 2 heterocycles. The maximum absolute atomic E-state index is 12.6. The monoisotopic (exact) mass is 350 g/mol. The first kappa shape index (κ1) is 17.1. The van der Waals surface area contributed by atoms with Gasteiger partial charge in [-0.2, -0.15) is 0 Å². The van der Waals surface area contributed by atoms with Crippen molar-refractivity contribution in [2.24, 2.45) is 0 Å². The van der Waals surface area contributed by atoms with Crippen molar-refractivity contribution < 1.29 is 9.90 Å². The minimum absolute atomic E-state index is 0.0533. The Morgan fingerprint density at radius 2 is 1.81 bits per heavy atom. The molecule has 2 aromatic rings. The van der Waals surface area contributed by atoms with Gasteiger partial charge >= 0.3 is 0 Å². The molecule has 2 aromatic carbocycles. The number of fused-ring (bicyclic) bond motifs is 2. The van der Waals surface area contributed by atoms with Crippen LogP contribution in [-0.4, -0.2) is 34.0 Å². The lowest BCUT2D eigenvalue weighted by Crippen LogP contribution is -2.50. The summed E-state index contributed by atoms with van der Waals surface area (Å²) in [5.74, 6) is -0.107. The second kappa shape index (κ2) is 7.12. The molecular formula is C22H26N2O2. The summed E-state index contributed by atoms with van der Waals surface area (Å²) in [6.07, 6.45) is 4.39. The fraction of sp³-hybridized carbons (Fsp3) is 0.409. The highest BCUT2D eigenvalue weighted by Crippen LogP contribution is 2.37. The minimum Gasteiger partial charge on any atom is -0.507 e. The Morgan fingerprint density at radius 1 is 1.12 bits per heavy atom. The largest absolute Gasteiger partial charge is 0.507 e. The highest BCUT2D eigenvalue weighted by molar-refractivity contribution is 5.97. The number of phenols is 1. The molecule has 4 rings (SSSR count). The van der Waals surface area contributed by atoms with Crippen molar-refractivity contribution >= 4 is 5.91 Å². The van der Waals surface area contributed by atoms with E-state index in [2.05, 4.69) is 40.5 Å². The Morgan fingerprint density at radius 3 is 2.50 bits per heavy atom. The highest BCUT2D eigenvalue weighted by Gasteiger charge is 2.41. The zero-order valence-electron chi connectivity index (χ0n) is 15.2. The van der Waals surface area contributed by atoms with E-state index in [-0.39, 0.29) is 17.7 Å². The van der Waals surface area contributed by atoms with Crippen molar-refractivity contribution in [3.05, 3.63) is 65.2 Å². The fourth-order valence-corrected chi connectivity index (χ4v) is 4.54. The Kier molecular flexibility index (Phi) is 4.68.